The highest BCUT2D eigenvalue weighted by Crippen LogP contribution is 2.24. The smallest absolute Gasteiger partial charge is 0.373 e. The Balaban J connectivity index is 2.49. The first-order valence-corrected chi connectivity index (χ1v) is 5.34. The third-order valence-corrected chi connectivity index (χ3v) is 2.56. The Hall–Kier alpha value is -1.62. The second-order valence-electron chi connectivity index (χ2n) is 3.25. The van der Waals surface area contributed by atoms with E-state index >= 15 is 0 Å². The van der Waals surface area contributed by atoms with Crippen LogP contribution in [-0.4, -0.2) is 16.1 Å². The van der Waals surface area contributed by atoms with Gasteiger partial charge in [0, 0.05) is 10.0 Å². The topological polar surface area (TPSA) is 63.3 Å². The molecule has 0 aliphatic carbocycles. The molecule has 0 aliphatic heterocycles. The summed E-state index contributed by atoms with van der Waals surface area (Å²) in [5, 5.41) is 8.84. The van der Waals surface area contributed by atoms with Gasteiger partial charge in [-0.25, -0.2) is 9.78 Å². The highest BCUT2D eigenvalue weighted by molar-refractivity contribution is 9.10. The van der Waals surface area contributed by atoms with Crippen LogP contribution in [0.25, 0.3) is 11.5 Å². The van der Waals surface area contributed by atoms with Crippen molar-refractivity contribution in [2.24, 2.45) is 0 Å². The van der Waals surface area contributed by atoms with Crippen molar-refractivity contribution in [1.29, 1.82) is 0 Å². The van der Waals surface area contributed by atoms with Crippen molar-refractivity contribution in [1.82, 2.24) is 4.98 Å². The average Bonchev–Trinajstić information content (AvgIpc) is 2.60. The second kappa shape index (κ2) is 4.09. The molecule has 0 bridgehead atoms. The van der Waals surface area contributed by atoms with Crippen molar-refractivity contribution in [3.05, 3.63) is 40.2 Å². The Morgan fingerprint density at radius 1 is 1.50 bits per heavy atom. The summed E-state index contributed by atoms with van der Waals surface area (Å²) in [6, 6.07) is 7.33. The number of hydrogen-bond acceptors (Lipinski definition) is 3. The molecule has 1 aromatic carbocycles. The normalized spacial score (nSPS) is 10.4. The van der Waals surface area contributed by atoms with Crippen LogP contribution in [0.5, 0.6) is 0 Å². The zero-order valence-electron chi connectivity index (χ0n) is 8.40. The number of carboxylic acids is 1. The van der Waals surface area contributed by atoms with Crippen molar-refractivity contribution in [2.45, 2.75) is 6.92 Å². The van der Waals surface area contributed by atoms with Crippen LogP contribution in [0.2, 0.25) is 0 Å². The number of aromatic nitrogens is 1. The molecule has 0 fully saturated rings. The van der Waals surface area contributed by atoms with E-state index in [1.54, 1.807) is 6.92 Å². The molecule has 0 atom stereocenters. The molecular formula is C11H8BrNO3. The molecule has 0 saturated heterocycles. The van der Waals surface area contributed by atoms with Gasteiger partial charge in [0.15, 0.2) is 0 Å². The van der Waals surface area contributed by atoms with E-state index in [2.05, 4.69) is 20.9 Å². The molecule has 0 spiro atoms. The summed E-state index contributed by atoms with van der Waals surface area (Å²) in [5.41, 5.74) is 1.12. The number of aryl methyl sites for hydroxylation is 1. The fourth-order valence-corrected chi connectivity index (χ4v) is 1.74. The minimum atomic E-state index is -1.11. The van der Waals surface area contributed by atoms with Crippen LogP contribution in [0.4, 0.5) is 0 Å². The van der Waals surface area contributed by atoms with Gasteiger partial charge in [-0.2, -0.15) is 0 Å². The summed E-state index contributed by atoms with van der Waals surface area (Å²) in [4.78, 5) is 14.9. The van der Waals surface area contributed by atoms with E-state index in [0.717, 1.165) is 10.0 Å². The molecule has 1 N–H and O–H groups in total. The minimum absolute atomic E-state index is 0.116. The summed E-state index contributed by atoms with van der Waals surface area (Å²) in [6.45, 7) is 1.61. The zero-order valence-corrected chi connectivity index (χ0v) is 9.98. The van der Waals surface area contributed by atoms with Gasteiger partial charge in [-0.3, -0.25) is 0 Å². The summed E-state index contributed by atoms with van der Waals surface area (Å²) >= 11 is 3.33. The predicted molar refractivity (Wildman–Crippen MR) is 61.3 cm³/mol. The fraction of sp³-hybridized carbons (Fsp3) is 0.0909. The number of rotatable bonds is 2. The summed E-state index contributed by atoms with van der Waals surface area (Å²) in [7, 11) is 0. The predicted octanol–water partition coefficient (Wildman–Crippen LogP) is 3.11. The summed E-state index contributed by atoms with van der Waals surface area (Å²) in [5.74, 6) is -0.905. The van der Waals surface area contributed by atoms with Gasteiger partial charge in [0.25, 0.3) is 0 Å². The van der Waals surface area contributed by atoms with E-state index in [1.165, 1.54) is 0 Å². The number of nitrogens with zero attached hydrogens (tertiary/aromatic N) is 1. The highest BCUT2D eigenvalue weighted by atomic mass is 79.9. The number of carbonyl (C=O) groups is 1. The lowest BCUT2D eigenvalue weighted by Crippen LogP contribution is -1.95. The first-order chi connectivity index (χ1) is 7.58. The molecule has 0 saturated carbocycles. The molecule has 0 unspecified atom stereocenters. The van der Waals surface area contributed by atoms with Crippen molar-refractivity contribution in [2.75, 3.05) is 0 Å². The first-order valence-electron chi connectivity index (χ1n) is 4.54. The number of oxazole rings is 1. The van der Waals surface area contributed by atoms with Crippen LogP contribution in [0.1, 0.15) is 16.2 Å². The summed E-state index contributed by atoms with van der Waals surface area (Å²) in [6.07, 6.45) is 0. The van der Waals surface area contributed by atoms with Gasteiger partial charge in [0.05, 0.1) is 5.69 Å². The van der Waals surface area contributed by atoms with Crippen molar-refractivity contribution >= 4 is 21.9 Å². The molecule has 82 valence electrons. The van der Waals surface area contributed by atoms with Crippen LogP contribution in [-0.2, 0) is 0 Å². The van der Waals surface area contributed by atoms with E-state index in [-0.39, 0.29) is 5.76 Å². The van der Waals surface area contributed by atoms with Crippen LogP contribution in [0, 0.1) is 6.92 Å². The molecular weight excluding hydrogens is 274 g/mol. The van der Waals surface area contributed by atoms with Gasteiger partial charge >= 0.3 is 5.97 Å². The van der Waals surface area contributed by atoms with E-state index in [1.807, 2.05) is 24.3 Å². The van der Waals surface area contributed by atoms with Gasteiger partial charge in [0.2, 0.25) is 11.7 Å². The zero-order chi connectivity index (χ0) is 11.7. The van der Waals surface area contributed by atoms with E-state index in [0.29, 0.717) is 11.6 Å². The third-order valence-electron chi connectivity index (χ3n) is 2.06. The van der Waals surface area contributed by atoms with E-state index < -0.39 is 5.97 Å². The average molecular weight is 282 g/mol. The largest absolute Gasteiger partial charge is 0.475 e. The lowest BCUT2D eigenvalue weighted by Gasteiger charge is -1.95. The van der Waals surface area contributed by atoms with Gasteiger partial charge in [-0.1, -0.05) is 22.0 Å². The number of hydrogen-bond donors (Lipinski definition) is 1. The van der Waals surface area contributed by atoms with E-state index in [9.17, 15) is 4.79 Å². The lowest BCUT2D eigenvalue weighted by atomic mass is 10.2. The van der Waals surface area contributed by atoms with Crippen LogP contribution in [0.3, 0.4) is 0 Å². The molecule has 0 aliphatic rings. The van der Waals surface area contributed by atoms with Gasteiger partial charge in [-0.15, -0.1) is 0 Å². The highest BCUT2D eigenvalue weighted by Gasteiger charge is 2.16. The molecule has 5 heteroatoms. The maximum absolute atomic E-state index is 10.8. The van der Waals surface area contributed by atoms with Crippen molar-refractivity contribution in [3.63, 3.8) is 0 Å². The number of aromatic carboxylic acids is 1. The third kappa shape index (κ3) is 1.99. The van der Waals surface area contributed by atoms with Crippen molar-refractivity contribution in [3.8, 4) is 11.5 Å². The first kappa shape index (κ1) is 10.9. The Kier molecular flexibility index (Phi) is 2.78. The van der Waals surface area contributed by atoms with Crippen LogP contribution >= 0.6 is 15.9 Å². The molecule has 0 radical (unpaired) electrons. The monoisotopic (exact) mass is 281 g/mol. The van der Waals surface area contributed by atoms with Crippen LogP contribution < -0.4 is 0 Å². The summed E-state index contributed by atoms with van der Waals surface area (Å²) < 4.78 is 6.07. The Morgan fingerprint density at radius 2 is 2.25 bits per heavy atom. The quantitative estimate of drug-likeness (QED) is 0.919. The molecule has 1 heterocycles. The van der Waals surface area contributed by atoms with Crippen LogP contribution in [0.15, 0.2) is 33.2 Å². The lowest BCUT2D eigenvalue weighted by molar-refractivity contribution is 0.0662. The Bertz CT molecular complexity index is 548. The van der Waals surface area contributed by atoms with Gasteiger partial charge in [-0.05, 0) is 25.1 Å². The molecule has 2 rings (SSSR count). The number of benzene rings is 1. The van der Waals surface area contributed by atoms with Gasteiger partial charge < -0.3 is 9.52 Å². The van der Waals surface area contributed by atoms with Gasteiger partial charge in [0.1, 0.15) is 0 Å². The second-order valence-corrected chi connectivity index (χ2v) is 4.16. The molecule has 1 aromatic heterocycles. The maximum atomic E-state index is 10.8. The minimum Gasteiger partial charge on any atom is -0.475 e. The Labute approximate surface area is 100 Å². The van der Waals surface area contributed by atoms with E-state index in [4.69, 9.17) is 9.52 Å². The maximum Gasteiger partial charge on any atom is 0.373 e. The molecule has 4 nitrogen and oxygen atoms in total. The SMILES string of the molecule is Cc1nc(-c2cccc(Br)c2)oc1C(=O)O. The Morgan fingerprint density at radius 3 is 2.81 bits per heavy atom. The fourth-order valence-electron chi connectivity index (χ4n) is 1.34. The van der Waals surface area contributed by atoms with Crippen molar-refractivity contribution < 1.29 is 14.3 Å². The molecule has 16 heavy (non-hydrogen) atoms. The molecule has 2 aromatic rings. The molecule has 0 amide bonds. The number of carboxylic acid groups (broad SMARTS) is 1. The standard InChI is InChI=1S/C11H8BrNO3/c1-6-9(11(14)15)16-10(13-6)7-3-2-4-8(12)5-7/h2-5H,1H3,(H,14,15). The number of halogens is 1.